The molecule has 0 aromatic carbocycles. The molecule has 0 saturated carbocycles. The van der Waals surface area contributed by atoms with Crippen LogP contribution in [0, 0.1) is 6.92 Å². The van der Waals surface area contributed by atoms with Crippen molar-refractivity contribution in [3.8, 4) is 0 Å². The SMILES string of the molecule is CNC=O.Cc1ccc(N2CCNCC2)cn1. The second-order valence-electron chi connectivity index (χ2n) is 3.80. The molecule has 1 amide bonds. The first-order valence-corrected chi connectivity index (χ1v) is 5.77. The van der Waals surface area contributed by atoms with Crippen LogP contribution in [0.25, 0.3) is 0 Å². The number of anilines is 1. The Kier molecular flexibility index (Phi) is 6.03. The van der Waals surface area contributed by atoms with E-state index in [0.29, 0.717) is 6.41 Å². The van der Waals surface area contributed by atoms with Gasteiger partial charge < -0.3 is 15.5 Å². The molecule has 2 heterocycles. The van der Waals surface area contributed by atoms with E-state index >= 15 is 0 Å². The molecular weight excluding hydrogens is 216 g/mol. The van der Waals surface area contributed by atoms with Crippen LogP contribution in [0.3, 0.4) is 0 Å². The van der Waals surface area contributed by atoms with Gasteiger partial charge in [-0.2, -0.15) is 0 Å². The molecule has 1 saturated heterocycles. The predicted molar refractivity (Wildman–Crippen MR) is 69.2 cm³/mol. The highest BCUT2D eigenvalue weighted by molar-refractivity contribution is 5.45. The van der Waals surface area contributed by atoms with Crippen molar-refractivity contribution in [2.75, 3.05) is 38.1 Å². The average Bonchev–Trinajstić information content (AvgIpc) is 2.41. The number of nitrogens with one attached hydrogen (secondary N) is 2. The van der Waals surface area contributed by atoms with E-state index < -0.39 is 0 Å². The first-order valence-electron chi connectivity index (χ1n) is 5.77. The summed E-state index contributed by atoms with van der Waals surface area (Å²) in [4.78, 5) is 15.7. The fraction of sp³-hybridized carbons (Fsp3) is 0.500. The lowest BCUT2D eigenvalue weighted by atomic mass is 10.3. The molecule has 2 rings (SSSR count). The van der Waals surface area contributed by atoms with Gasteiger partial charge in [0.25, 0.3) is 0 Å². The topological polar surface area (TPSA) is 57.3 Å². The lowest BCUT2D eigenvalue weighted by Gasteiger charge is -2.29. The summed E-state index contributed by atoms with van der Waals surface area (Å²) in [6.07, 6.45) is 2.58. The summed E-state index contributed by atoms with van der Waals surface area (Å²) < 4.78 is 0. The number of amides is 1. The zero-order valence-electron chi connectivity index (χ0n) is 10.4. The Morgan fingerprint density at radius 3 is 2.53 bits per heavy atom. The molecule has 5 heteroatoms. The van der Waals surface area contributed by atoms with E-state index in [9.17, 15) is 0 Å². The van der Waals surface area contributed by atoms with Gasteiger partial charge in [-0.25, -0.2) is 0 Å². The molecule has 94 valence electrons. The first kappa shape index (κ1) is 13.4. The molecule has 1 aliphatic heterocycles. The predicted octanol–water partition coefficient (Wildman–Crippen LogP) is 0.162. The molecule has 0 spiro atoms. The van der Waals surface area contributed by atoms with E-state index in [0.717, 1.165) is 31.9 Å². The zero-order chi connectivity index (χ0) is 12.5. The highest BCUT2D eigenvalue weighted by Crippen LogP contribution is 2.12. The second kappa shape index (κ2) is 7.62. The molecule has 0 bridgehead atoms. The molecule has 0 radical (unpaired) electrons. The lowest BCUT2D eigenvalue weighted by molar-refractivity contribution is -0.109. The molecule has 1 aromatic rings. The van der Waals surface area contributed by atoms with Crippen molar-refractivity contribution >= 4 is 12.1 Å². The number of carbonyl (C=O) groups excluding carboxylic acids is 1. The van der Waals surface area contributed by atoms with Gasteiger partial charge in [0.1, 0.15) is 0 Å². The van der Waals surface area contributed by atoms with Crippen molar-refractivity contribution in [2.24, 2.45) is 0 Å². The normalized spacial score (nSPS) is 14.6. The van der Waals surface area contributed by atoms with Gasteiger partial charge in [0.15, 0.2) is 0 Å². The smallest absolute Gasteiger partial charge is 0.206 e. The third-order valence-electron chi connectivity index (χ3n) is 2.50. The number of piperazine rings is 1. The summed E-state index contributed by atoms with van der Waals surface area (Å²) in [5, 5.41) is 5.58. The minimum absolute atomic E-state index is 0.625. The van der Waals surface area contributed by atoms with Gasteiger partial charge in [-0.1, -0.05) is 0 Å². The van der Waals surface area contributed by atoms with Crippen LogP contribution in [-0.4, -0.2) is 44.6 Å². The van der Waals surface area contributed by atoms with Gasteiger partial charge >= 0.3 is 0 Å². The van der Waals surface area contributed by atoms with Crippen LogP contribution in [-0.2, 0) is 4.79 Å². The monoisotopic (exact) mass is 236 g/mol. The Morgan fingerprint density at radius 2 is 2.06 bits per heavy atom. The van der Waals surface area contributed by atoms with Crippen molar-refractivity contribution in [3.05, 3.63) is 24.0 Å². The highest BCUT2D eigenvalue weighted by atomic mass is 16.1. The first-order chi connectivity index (χ1) is 8.27. The molecular formula is C12H20N4O. The second-order valence-corrected chi connectivity index (χ2v) is 3.80. The number of pyridine rings is 1. The third-order valence-corrected chi connectivity index (χ3v) is 2.50. The maximum Gasteiger partial charge on any atom is 0.206 e. The third kappa shape index (κ3) is 4.82. The number of nitrogens with zero attached hydrogens (tertiary/aromatic N) is 2. The molecule has 5 nitrogen and oxygen atoms in total. The van der Waals surface area contributed by atoms with Gasteiger partial charge in [-0.3, -0.25) is 9.78 Å². The molecule has 1 aliphatic rings. The largest absolute Gasteiger partial charge is 0.368 e. The van der Waals surface area contributed by atoms with Crippen LogP contribution in [0.5, 0.6) is 0 Å². The number of aryl methyl sites for hydroxylation is 1. The van der Waals surface area contributed by atoms with Gasteiger partial charge in [0.05, 0.1) is 11.9 Å². The highest BCUT2D eigenvalue weighted by Gasteiger charge is 2.09. The Morgan fingerprint density at radius 1 is 1.41 bits per heavy atom. The molecule has 1 aromatic heterocycles. The maximum absolute atomic E-state index is 9.06. The summed E-state index contributed by atoms with van der Waals surface area (Å²) in [5.74, 6) is 0. The molecule has 1 fully saturated rings. The minimum atomic E-state index is 0.625. The van der Waals surface area contributed by atoms with E-state index in [1.165, 1.54) is 5.69 Å². The van der Waals surface area contributed by atoms with Crippen molar-refractivity contribution in [1.82, 2.24) is 15.6 Å². The Bertz CT molecular complexity index is 320. The van der Waals surface area contributed by atoms with Crippen LogP contribution in [0.4, 0.5) is 5.69 Å². The summed E-state index contributed by atoms with van der Waals surface area (Å²) in [6, 6.07) is 4.21. The van der Waals surface area contributed by atoms with Crippen molar-refractivity contribution in [3.63, 3.8) is 0 Å². The van der Waals surface area contributed by atoms with E-state index in [1.807, 2.05) is 13.1 Å². The fourth-order valence-corrected chi connectivity index (χ4v) is 1.57. The van der Waals surface area contributed by atoms with Crippen molar-refractivity contribution in [2.45, 2.75) is 6.92 Å². The van der Waals surface area contributed by atoms with E-state index in [-0.39, 0.29) is 0 Å². The fourth-order valence-electron chi connectivity index (χ4n) is 1.57. The number of hydrogen-bond acceptors (Lipinski definition) is 4. The summed E-state index contributed by atoms with van der Waals surface area (Å²) in [5.41, 5.74) is 2.32. The van der Waals surface area contributed by atoms with E-state index in [1.54, 1.807) is 7.05 Å². The van der Waals surface area contributed by atoms with Crippen LogP contribution in [0.2, 0.25) is 0 Å². The van der Waals surface area contributed by atoms with Gasteiger partial charge in [-0.15, -0.1) is 0 Å². The Labute approximate surface area is 102 Å². The average molecular weight is 236 g/mol. The van der Waals surface area contributed by atoms with E-state index in [4.69, 9.17) is 4.79 Å². The Balaban J connectivity index is 0.000000317. The zero-order valence-corrected chi connectivity index (χ0v) is 10.4. The van der Waals surface area contributed by atoms with Gasteiger partial charge in [0, 0.05) is 38.9 Å². The van der Waals surface area contributed by atoms with Crippen LogP contribution < -0.4 is 15.5 Å². The van der Waals surface area contributed by atoms with Gasteiger partial charge in [0.2, 0.25) is 6.41 Å². The minimum Gasteiger partial charge on any atom is -0.368 e. The lowest BCUT2D eigenvalue weighted by Crippen LogP contribution is -2.43. The number of rotatable bonds is 2. The molecule has 2 N–H and O–H groups in total. The van der Waals surface area contributed by atoms with Crippen LogP contribution in [0.15, 0.2) is 18.3 Å². The quantitative estimate of drug-likeness (QED) is 0.718. The van der Waals surface area contributed by atoms with E-state index in [2.05, 4.69) is 32.7 Å². The summed E-state index contributed by atoms with van der Waals surface area (Å²) in [6.45, 7) is 6.35. The Hall–Kier alpha value is -1.62. The summed E-state index contributed by atoms with van der Waals surface area (Å²) >= 11 is 0. The maximum atomic E-state index is 9.06. The van der Waals surface area contributed by atoms with Gasteiger partial charge in [-0.05, 0) is 19.1 Å². The number of aromatic nitrogens is 1. The molecule has 0 unspecified atom stereocenters. The number of carbonyl (C=O) groups is 1. The standard InChI is InChI=1S/C10H15N3.C2H5NO/c1-9-2-3-10(8-12-9)13-6-4-11-5-7-13;1-3-2-4/h2-3,8,11H,4-7H2,1H3;2H,1H3,(H,3,4). The molecule has 17 heavy (non-hydrogen) atoms. The van der Waals surface area contributed by atoms with Crippen molar-refractivity contribution in [1.29, 1.82) is 0 Å². The van der Waals surface area contributed by atoms with Crippen LogP contribution in [0.1, 0.15) is 5.69 Å². The van der Waals surface area contributed by atoms with Crippen LogP contribution >= 0.6 is 0 Å². The van der Waals surface area contributed by atoms with Crippen molar-refractivity contribution < 1.29 is 4.79 Å². The number of hydrogen-bond donors (Lipinski definition) is 2. The summed E-state index contributed by atoms with van der Waals surface area (Å²) in [7, 11) is 1.56. The molecule has 0 aliphatic carbocycles. The molecule has 0 atom stereocenters.